The van der Waals surface area contributed by atoms with Crippen molar-refractivity contribution in [2.75, 3.05) is 6.54 Å². The number of hydrogen-bond acceptors (Lipinski definition) is 9. The van der Waals surface area contributed by atoms with Gasteiger partial charge in [0.2, 0.25) is 5.79 Å². The Balaban J connectivity index is 1.35. The van der Waals surface area contributed by atoms with Gasteiger partial charge in [0.1, 0.15) is 17.8 Å². The molecule has 6 atom stereocenters. The molecule has 206 valence electrons. The zero-order chi connectivity index (χ0) is 27.5. The van der Waals surface area contributed by atoms with Crippen LogP contribution in [0.25, 0.3) is 32.4 Å². The maximum Gasteiger partial charge on any atom is 0.343 e. The van der Waals surface area contributed by atoms with Crippen LogP contribution in [0.1, 0.15) is 31.9 Å². The molecule has 3 aromatic carbocycles. The van der Waals surface area contributed by atoms with Crippen LogP contribution in [0.4, 0.5) is 0 Å². The van der Waals surface area contributed by atoms with Gasteiger partial charge >= 0.3 is 5.97 Å². The highest BCUT2D eigenvalue weighted by molar-refractivity contribution is 6.14. The van der Waals surface area contributed by atoms with Crippen molar-refractivity contribution in [3.8, 4) is 5.75 Å². The van der Waals surface area contributed by atoms with E-state index in [4.69, 9.17) is 9.47 Å². The number of aliphatic hydroxyl groups excluding tert-OH is 3. The first-order chi connectivity index (χ1) is 18.7. The average molecular weight is 537 g/mol. The molecule has 10 nitrogen and oxygen atoms in total. The van der Waals surface area contributed by atoms with Gasteiger partial charge in [0, 0.05) is 6.04 Å². The zero-order valence-corrected chi connectivity index (χ0v) is 21.4. The Hall–Kier alpha value is -3.09. The Morgan fingerprint density at radius 2 is 1.87 bits per heavy atom. The van der Waals surface area contributed by atoms with Gasteiger partial charge in [-0.1, -0.05) is 37.3 Å². The molecule has 4 aromatic rings. The Labute approximate surface area is 223 Å². The number of H-pyrrole nitrogens is 1. The number of benzene rings is 3. The third-order valence-electron chi connectivity index (χ3n) is 8.26. The monoisotopic (exact) mass is 536 g/mol. The fourth-order valence-electron chi connectivity index (χ4n) is 6.23. The molecule has 6 rings (SSSR count). The van der Waals surface area contributed by atoms with Crippen LogP contribution in [-0.4, -0.2) is 78.8 Å². The summed E-state index contributed by atoms with van der Waals surface area (Å²) in [6, 6.07) is 15.5. The minimum absolute atomic E-state index is 0.0610. The molecule has 2 heterocycles. The number of aromatic nitrogens is 1. The van der Waals surface area contributed by atoms with Crippen LogP contribution in [0.2, 0.25) is 0 Å². The molecule has 1 saturated heterocycles. The summed E-state index contributed by atoms with van der Waals surface area (Å²) in [5.74, 6) is -3.59. The lowest BCUT2D eigenvalue weighted by molar-refractivity contribution is -0.313. The van der Waals surface area contributed by atoms with Crippen molar-refractivity contribution in [3.63, 3.8) is 0 Å². The lowest BCUT2D eigenvalue weighted by Gasteiger charge is -2.39. The highest BCUT2D eigenvalue weighted by atomic mass is 16.7. The van der Waals surface area contributed by atoms with Crippen molar-refractivity contribution in [2.45, 2.75) is 68.5 Å². The summed E-state index contributed by atoms with van der Waals surface area (Å²) in [4.78, 5) is 16.5. The van der Waals surface area contributed by atoms with E-state index in [1.54, 1.807) is 0 Å². The molecule has 39 heavy (non-hydrogen) atoms. The molecule has 0 spiro atoms. The summed E-state index contributed by atoms with van der Waals surface area (Å²) >= 11 is 0. The Kier molecular flexibility index (Phi) is 6.39. The van der Waals surface area contributed by atoms with Gasteiger partial charge in [-0.15, -0.1) is 0 Å². The van der Waals surface area contributed by atoms with Crippen LogP contribution in [0, 0.1) is 0 Å². The first-order valence-corrected chi connectivity index (χ1v) is 13.2. The van der Waals surface area contributed by atoms with Gasteiger partial charge in [-0.2, -0.15) is 0 Å². The lowest BCUT2D eigenvalue weighted by atomic mass is 9.86. The molecule has 0 radical (unpaired) electrons. The van der Waals surface area contributed by atoms with Crippen LogP contribution in [0.15, 0.2) is 48.5 Å². The molecule has 0 bridgehead atoms. The van der Waals surface area contributed by atoms with E-state index >= 15 is 0 Å². The summed E-state index contributed by atoms with van der Waals surface area (Å²) in [6.07, 6.45) is -4.89. The van der Waals surface area contributed by atoms with E-state index in [2.05, 4.69) is 10.3 Å². The Morgan fingerprint density at radius 1 is 1.13 bits per heavy atom. The number of esters is 1. The van der Waals surface area contributed by atoms with Crippen molar-refractivity contribution in [1.82, 2.24) is 10.3 Å². The van der Waals surface area contributed by atoms with Crippen molar-refractivity contribution in [3.05, 3.63) is 54.2 Å². The number of hydrogen-bond donors (Lipinski definition) is 7. The average Bonchev–Trinajstić information content (AvgIpc) is 3.57. The summed E-state index contributed by atoms with van der Waals surface area (Å²) in [5, 5.41) is 61.5. The molecule has 1 aromatic heterocycles. The number of carbonyl (C=O) groups is 1. The molecule has 7 N–H and O–H groups in total. The van der Waals surface area contributed by atoms with E-state index in [-0.39, 0.29) is 30.3 Å². The highest BCUT2D eigenvalue weighted by Gasteiger charge is 2.67. The SMILES string of the molecule is CCNC1CCC(O)(C2(O)OC(C(=O)Oc3c(CO)[nH]c4ccc5cc6ccccc6cc5c34)C(O)C2O)C1. The number of ether oxygens (including phenoxy) is 2. The molecule has 1 aliphatic carbocycles. The van der Waals surface area contributed by atoms with Crippen molar-refractivity contribution in [2.24, 2.45) is 0 Å². The van der Waals surface area contributed by atoms with Crippen LogP contribution in [0.3, 0.4) is 0 Å². The van der Waals surface area contributed by atoms with Gasteiger partial charge in [0.25, 0.3) is 0 Å². The van der Waals surface area contributed by atoms with Gasteiger partial charge in [-0.05, 0) is 65.6 Å². The number of carbonyl (C=O) groups excluding carboxylic acids is 1. The Morgan fingerprint density at radius 3 is 2.59 bits per heavy atom. The normalized spacial score (nSPS) is 31.0. The highest BCUT2D eigenvalue weighted by Crippen LogP contribution is 2.47. The molecule has 0 amide bonds. The van der Waals surface area contributed by atoms with Crippen LogP contribution < -0.4 is 10.1 Å². The van der Waals surface area contributed by atoms with E-state index < -0.39 is 42.3 Å². The second kappa shape index (κ2) is 9.53. The van der Waals surface area contributed by atoms with Gasteiger partial charge in [-0.25, -0.2) is 4.79 Å². The van der Waals surface area contributed by atoms with Crippen molar-refractivity contribution in [1.29, 1.82) is 0 Å². The number of rotatable bonds is 6. The van der Waals surface area contributed by atoms with Gasteiger partial charge in [0.15, 0.2) is 11.9 Å². The van der Waals surface area contributed by atoms with E-state index in [0.29, 0.717) is 23.9 Å². The summed E-state index contributed by atoms with van der Waals surface area (Å²) in [7, 11) is 0. The van der Waals surface area contributed by atoms with Crippen LogP contribution in [0.5, 0.6) is 5.75 Å². The van der Waals surface area contributed by atoms with Crippen molar-refractivity contribution < 1.29 is 39.8 Å². The molecule has 10 heteroatoms. The van der Waals surface area contributed by atoms with E-state index in [1.165, 1.54) is 0 Å². The van der Waals surface area contributed by atoms with Crippen molar-refractivity contribution >= 4 is 38.4 Å². The fourth-order valence-corrected chi connectivity index (χ4v) is 6.23. The third kappa shape index (κ3) is 4.03. The quantitative estimate of drug-likeness (QED) is 0.143. The molecule has 1 saturated carbocycles. The van der Waals surface area contributed by atoms with Gasteiger partial charge in [0.05, 0.1) is 23.2 Å². The summed E-state index contributed by atoms with van der Waals surface area (Å²) < 4.78 is 11.3. The molecular weight excluding hydrogens is 504 g/mol. The molecule has 2 aliphatic rings. The molecular formula is C29H32N2O8. The standard InChI is InChI=1S/C29H32N2O8/c1-2-30-18-9-10-28(36,13-18)29(37)26(34)23(33)25(39-29)27(35)38-24-21(14-32)31-20-8-7-17-11-15-5-3-4-6-16(15)12-19(17)22(20)24/h3-8,11-12,18,23,25-26,30-34,36-37H,2,9-10,13-14H2,1H3. The first-order valence-electron chi connectivity index (χ1n) is 13.2. The largest absolute Gasteiger partial charge is 0.422 e. The second-order valence-corrected chi connectivity index (χ2v) is 10.6. The molecule has 1 aliphatic heterocycles. The second-order valence-electron chi connectivity index (χ2n) is 10.6. The topological polar surface area (TPSA) is 164 Å². The zero-order valence-electron chi connectivity index (χ0n) is 21.4. The fraction of sp³-hybridized carbons (Fsp3) is 0.414. The summed E-state index contributed by atoms with van der Waals surface area (Å²) in [5.41, 5.74) is -1.02. The maximum atomic E-state index is 13.4. The van der Waals surface area contributed by atoms with Crippen LogP contribution >= 0.6 is 0 Å². The minimum Gasteiger partial charge on any atom is -0.422 e. The van der Waals surface area contributed by atoms with Crippen LogP contribution in [-0.2, 0) is 16.1 Å². The predicted octanol–water partition coefficient (Wildman–Crippen LogP) is 1.57. The third-order valence-corrected chi connectivity index (χ3v) is 8.26. The molecule has 6 unspecified atom stereocenters. The predicted molar refractivity (Wildman–Crippen MR) is 143 cm³/mol. The number of fused-ring (bicyclic) bond motifs is 4. The number of aliphatic hydroxyl groups is 5. The van der Waals surface area contributed by atoms with Gasteiger partial charge in [-0.3, -0.25) is 0 Å². The van der Waals surface area contributed by atoms with Gasteiger partial charge < -0.3 is 45.3 Å². The number of nitrogens with one attached hydrogen (secondary N) is 2. The molecule has 2 fully saturated rings. The van der Waals surface area contributed by atoms with E-state index in [1.807, 2.05) is 55.5 Å². The number of aromatic amines is 1. The summed E-state index contributed by atoms with van der Waals surface area (Å²) in [6.45, 7) is 2.11. The Bertz CT molecular complexity index is 1570. The van der Waals surface area contributed by atoms with E-state index in [9.17, 15) is 30.3 Å². The maximum absolute atomic E-state index is 13.4. The van der Waals surface area contributed by atoms with E-state index in [0.717, 1.165) is 21.5 Å². The minimum atomic E-state index is -2.58. The smallest absolute Gasteiger partial charge is 0.343 e. The lowest BCUT2D eigenvalue weighted by Crippen LogP contribution is -2.60. The first kappa shape index (κ1) is 26.1.